The monoisotopic (exact) mass is 425 g/mol. The quantitative estimate of drug-likeness (QED) is 0.628. The summed E-state index contributed by atoms with van der Waals surface area (Å²) in [5, 5.41) is 2.98. The van der Waals surface area contributed by atoms with Crippen molar-refractivity contribution in [3.05, 3.63) is 76.7 Å². The Balaban J connectivity index is 1.39. The van der Waals surface area contributed by atoms with E-state index in [1.165, 1.54) is 0 Å². The lowest BCUT2D eigenvalue weighted by Crippen LogP contribution is -2.39. The van der Waals surface area contributed by atoms with Crippen molar-refractivity contribution in [2.75, 3.05) is 6.54 Å². The van der Waals surface area contributed by atoms with Crippen molar-refractivity contribution in [2.24, 2.45) is 0 Å². The van der Waals surface area contributed by atoms with E-state index >= 15 is 0 Å². The van der Waals surface area contributed by atoms with Crippen molar-refractivity contribution >= 4 is 22.0 Å². The van der Waals surface area contributed by atoms with Gasteiger partial charge in [-0.1, -0.05) is 28.1 Å². The molecule has 1 fully saturated rings. The zero-order valence-corrected chi connectivity index (χ0v) is 16.4. The summed E-state index contributed by atoms with van der Waals surface area (Å²) in [4.78, 5) is 18.6. The lowest BCUT2D eigenvalue weighted by Gasteiger charge is -2.25. The van der Waals surface area contributed by atoms with Crippen LogP contribution in [0.5, 0.6) is 0 Å². The highest BCUT2D eigenvalue weighted by Crippen LogP contribution is 2.31. The summed E-state index contributed by atoms with van der Waals surface area (Å²) in [7, 11) is 0. The fraction of sp³-hybridized carbons (Fsp3) is 0.238. The van der Waals surface area contributed by atoms with Crippen LogP contribution in [0.1, 0.15) is 30.2 Å². The molecule has 1 saturated heterocycles. The zero-order chi connectivity index (χ0) is 18.6. The number of nitrogens with zero attached hydrogens (tertiary/aromatic N) is 2. The van der Waals surface area contributed by atoms with Crippen LogP contribution < -0.4 is 5.32 Å². The molecule has 0 spiro atoms. The van der Waals surface area contributed by atoms with Gasteiger partial charge in [0.05, 0.1) is 12.6 Å². The van der Waals surface area contributed by atoms with Gasteiger partial charge < -0.3 is 14.6 Å². The molecule has 1 aliphatic rings. The van der Waals surface area contributed by atoms with Gasteiger partial charge in [0.1, 0.15) is 11.5 Å². The van der Waals surface area contributed by atoms with Crippen LogP contribution in [0.2, 0.25) is 0 Å². The third-order valence-electron chi connectivity index (χ3n) is 4.81. The van der Waals surface area contributed by atoms with E-state index in [-0.39, 0.29) is 12.1 Å². The lowest BCUT2D eigenvalue weighted by atomic mass is 10.1. The average molecular weight is 426 g/mol. The minimum Gasteiger partial charge on any atom is -0.459 e. The summed E-state index contributed by atoms with van der Waals surface area (Å²) in [5.74, 6) is 1.53. The number of carbonyl (C=O) groups is 1. The molecule has 1 aliphatic heterocycles. The van der Waals surface area contributed by atoms with E-state index in [1.807, 2.05) is 53.4 Å². The van der Waals surface area contributed by atoms with Gasteiger partial charge >= 0.3 is 6.03 Å². The molecule has 1 aromatic carbocycles. The molecule has 27 heavy (non-hydrogen) atoms. The highest BCUT2D eigenvalue weighted by Gasteiger charge is 2.29. The first kappa shape index (κ1) is 17.8. The van der Waals surface area contributed by atoms with Crippen LogP contribution in [0.25, 0.3) is 11.3 Å². The Labute approximate surface area is 166 Å². The van der Waals surface area contributed by atoms with Crippen LogP contribution in [0, 0.1) is 0 Å². The Hall–Kier alpha value is -2.60. The molecule has 6 heteroatoms. The maximum atomic E-state index is 12.7. The second-order valence-electron chi connectivity index (χ2n) is 6.56. The number of nitrogens with one attached hydrogen (secondary N) is 1. The van der Waals surface area contributed by atoms with Crippen LogP contribution in [0.4, 0.5) is 4.79 Å². The first-order chi connectivity index (χ1) is 13.2. The predicted octanol–water partition coefficient (Wildman–Crippen LogP) is 5.15. The third kappa shape index (κ3) is 4.06. The number of hydrogen-bond donors (Lipinski definition) is 1. The number of pyridine rings is 1. The van der Waals surface area contributed by atoms with Gasteiger partial charge in [0, 0.05) is 29.0 Å². The van der Waals surface area contributed by atoms with Crippen molar-refractivity contribution in [3.63, 3.8) is 0 Å². The SMILES string of the molecule is O=C(NCc1ccc(-c2ccc(Br)cc2)o1)N1CCC[C@@H]1c1ccncc1. The maximum absolute atomic E-state index is 12.7. The summed E-state index contributed by atoms with van der Waals surface area (Å²) >= 11 is 3.43. The lowest BCUT2D eigenvalue weighted by molar-refractivity contribution is 0.191. The minimum absolute atomic E-state index is 0.0593. The third-order valence-corrected chi connectivity index (χ3v) is 5.34. The summed E-state index contributed by atoms with van der Waals surface area (Å²) in [5.41, 5.74) is 2.14. The first-order valence-corrected chi connectivity index (χ1v) is 9.79. The topological polar surface area (TPSA) is 58.4 Å². The Morgan fingerprint density at radius 3 is 2.70 bits per heavy atom. The maximum Gasteiger partial charge on any atom is 0.318 e. The Morgan fingerprint density at radius 1 is 1.15 bits per heavy atom. The largest absolute Gasteiger partial charge is 0.459 e. The van der Waals surface area contributed by atoms with Gasteiger partial charge in [-0.2, -0.15) is 0 Å². The standard InChI is InChI=1S/C21H20BrN3O2/c22-17-5-3-16(4-6-17)20-8-7-18(27-20)14-24-21(26)25-13-1-2-19(25)15-9-11-23-12-10-15/h3-12,19H,1-2,13-14H2,(H,24,26)/t19-/m1/s1. The number of amides is 2. The second-order valence-corrected chi connectivity index (χ2v) is 7.48. The van der Waals surface area contributed by atoms with Crippen LogP contribution in [0.3, 0.4) is 0 Å². The van der Waals surface area contributed by atoms with Crippen molar-refractivity contribution < 1.29 is 9.21 Å². The van der Waals surface area contributed by atoms with Gasteiger partial charge in [-0.3, -0.25) is 4.98 Å². The van der Waals surface area contributed by atoms with Gasteiger partial charge in [0.25, 0.3) is 0 Å². The number of rotatable bonds is 4. The molecular formula is C21H20BrN3O2. The normalized spacial score (nSPS) is 16.5. The average Bonchev–Trinajstić information content (AvgIpc) is 3.37. The van der Waals surface area contributed by atoms with Crippen molar-refractivity contribution in [1.82, 2.24) is 15.2 Å². The number of halogens is 1. The molecule has 138 valence electrons. The molecular weight excluding hydrogens is 406 g/mol. The predicted molar refractivity (Wildman–Crippen MR) is 107 cm³/mol. The van der Waals surface area contributed by atoms with E-state index in [0.29, 0.717) is 6.54 Å². The Morgan fingerprint density at radius 2 is 1.93 bits per heavy atom. The van der Waals surface area contributed by atoms with E-state index in [0.717, 1.165) is 46.5 Å². The fourth-order valence-corrected chi connectivity index (χ4v) is 3.71. The van der Waals surface area contributed by atoms with Crippen molar-refractivity contribution in [3.8, 4) is 11.3 Å². The molecule has 3 aromatic rings. The number of carbonyl (C=O) groups excluding carboxylic acids is 1. The molecule has 0 saturated carbocycles. The van der Waals surface area contributed by atoms with Crippen LogP contribution in [-0.2, 0) is 6.54 Å². The van der Waals surface area contributed by atoms with Crippen LogP contribution in [-0.4, -0.2) is 22.5 Å². The number of benzene rings is 1. The van der Waals surface area contributed by atoms with Gasteiger partial charge in [-0.05, 0) is 54.8 Å². The molecule has 3 heterocycles. The minimum atomic E-state index is -0.0593. The van der Waals surface area contributed by atoms with E-state index in [4.69, 9.17) is 4.42 Å². The molecule has 2 aromatic heterocycles. The molecule has 4 rings (SSSR count). The Bertz CT molecular complexity index is 909. The summed E-state index contributed by atoms with van der Waals surface area (Å²) in [6.45, 7) is 1.13. The molecule has 0 unspecified atom stereocenters. The molecule has 1 N–H and O–H groups in total. The van der Waals surface area contributed by atoms with Crippen molar-refractivity contribution in [1.29, 1.82) is 0 Å². The molecule has 0 radical (unpaired) electrons. The van der Waals surface area contributed by atoms with Gasteiger partial charge in [-0.15, -0.1) is 0 Å². The van der Waals surface area contributed by atoms with E-state index in [9.17, 15) is 4.79 Å². The molecule has 2 amide bonds. The highest BCUT2D eigenvalue weighted by molar-refractivity contribution is 9.10. The van der Waals surface area contributed by atoms with Crippen molar-refractivity contribution in [2.45, 2.75) is 25.4 Å². The first-order valence-electron chi connectivity index (χ1n) is 9.00. The Kier molecular flexibility index (Phi) is 5.25. The summed E-state index contributed by atoms with van der Waals surface area (Å²) in [6.07, 6.45) is 5.53. The van der Waals surface area contributed by atoms with Gasteiger partial charge in [0.2, 0.25) is 0 Å². The summed E-state index contributed by atoms with van der Waals surface area (Å²) < 4.78 is 6.90. The van der Waals surface area contributed by atoms with Gasteiger partial charge in [0.15, 0.2) is 0 Å². The number of urea groups is 1. The molecule has 1 atom stereocenters. The van der Waals surface area contributed by atoms with E-state index in [1.54, 1.807) is 12.4 Å². The van der Waals surface area contributed by atoms with Crippen LogP contribution >= 0.6 is 15.9 Å². The second kappa shape index (κ2) is 7.96. The zero-order valence-electron chi connectivity index (χ0n) is 14.8. The van der Waals surface area contributed by atoms with E-state index < -0.39 is 0 Å². The molecule has 0 bridgehead atoms. The molecule has 5 nitrogen and oxygen atoms in total. The fourth-order valence-electron chi connectivity index (χ4n) is 3.45. The van der Waals surface area contributed by atoms with Crippen LogP contribution in [0.15, 0.2) is 69.8 Å². The molecule has 0 aliphatic carbocycles. The van der Waals surface area contributed by atoms with Gasteiger partial charge in [-0.25, -0.2) is 4.79 Å². The highest BCUT2D eigenvalue weighted by atomic mass is 79.9. The number of likely N-dealkylation sites (tertiary alicyclic amines) is 1. The number of hydrogen-bond acceptors (Lipinski definition) is 3. The smallest absolute Gasteiger partial charge is 0.318 e. The number of aromatic nitrogens is 1. The van der Waals surface area contributed by atoms with E-state index in [2.05, 4.69) is 26.2 Å². The summed E-state index contributed by atoms with van der Waals surface area (Å²) in [6, 6.07) is 15.8. The number of furan rings is 1.